The third-order valence-electron chi connectivity index (χ3n) is 7.15. The molecule has 0 aromatic heterocycles. The number of nitrogens with zero attached hydrogens (tertiary/aromatic N) is 1. The number of likely N-dealkylation sites (N-methyl/N-ethyl adjacent to an activating group) is 1. The molecule has 1 aliphatic rings. The van der Waals surface area contributed by atoms with Gasteiger partial charge in [0.25, 0.3) is 0 Å². The fourth-order valence-electron chi connectivity index (χ4n) is 4.76. The summed E-state index contributed by atoms with van der Waals surface area (Å²) in [6, 6.07) is 16.5. The van der Waals surface area contributed by atoms with Gasteiger partial charge in [0.05, 0.1) is 106 Å². The molecule has 0 saturated heterocycles. The molecule has 3 rings (SSSR count). The van der Waals surface area contributed by atoms with Gasteiger partial charge in [-0.15, -0.1) is 0 Å². The molecule has 0 bridgehead atoms. The quantitative estimate of drug-likeness (QED) is 0.130. The molecule has 12 heteroatoms. The molecular weight excluding hydrogens is 608 g/mol. The molecular formula is C35H54N2O10. The second-order valence-electron chi connectivity index (χ2n) is 11.0. The third-order valence-corrected chi connectivity index (χ3v) is 7.15. The number of fused-ring (bicyclic) bond motifs is 3. The van der Waals surface area contributed by atoms with Gasteiger partial charge in [0.1, 0.15) is 6.61 Å². The highest BCUT2D eigenvalue weighted by atomic mass is 16.6. The van der Waals surface area contributed by atoms with Crippen LogP contribution in [0.1, 0.15) is 17.0 Å². The van der Waals surface area contributed by atoms with Crippen LogP contribution in [0, 0.1) is 0 Å². The maximum absolute atomic E-state index is 12.2. The smallest absolute Gasteiger partial charge is 0.407 e. The molecule has 0 fully saturated rings. The second kappa shape index (κ2) is 25.4. The summed E-state index contributed by atoms with van der Waals surface area (Å²) in [4.78, 5) is 14.3. The van der Waals surface area contributed by atoms with Crippen molar-refractivity contribution in [2.75, 3.05) is 140 Å². The van der Waals surface area contributed by atoms with E-state index in [0.717, 1.165) is 6.54 Å². The number of carbonyl (C=O) groups is 1. The first-order valence-electron chi connectivity index (χ1n) is 16.5. The zero-order chi connectivity index (χ0) is 33.2. The van der Waals surface area contributed by atoms with Gasteiger partial charge in [-0.25, -0.2) is 4.79 Å². The minimum absolute atomic E-state index is 0.0420. The van der Waals surface area contributed by atoms with Gasteiger partial charge in [-0.1, -0.05) is 48.5 Å². The molecule has 1 aliphatic carbocycles. The van der Waals surface area contributed by atoms with Gasteiger partial charge in [0.15, 0.2) is 0 Å². The van der Waals surface area contributed by atoms with Crippen molar-refractivity contribution < 1.29 is 47.4 Å². The second-order valence-corrected chi connectivity index (χ2v) is 11.0. The Kier molecular flexibility index (Phi) is 20.9. The molecule has 0 saturated carbocycles. The Morgan fingerprint density at radius 1 is 0.553 bits per heavy atom. The summed E-state index contributed by atoms with van der Waals surface area (Å²) in [7, 11) is 4.04. The number of carbonyl (C=O) groups excluding carboxylic acids is 1. The standard InChI is InChI=1S/C35H54N2O10/c1-37(2)12-14-40-16-18-42-20-22-44-24-26-46-28-27-45-25-23-43-21-19-41-17-15-39-13-11-36-35(38)47-29-34-32-9-5-3-7-30(32)31-8-4-6-10-33(31)34/h3-10,34H,11-29H2,1-2H3,(H,36,38). The number of benzene rings is 2. The molecule has 0 atom stereocenters. The van der Waals surface area contributed by atoms with Crippen molar-refractivity contribution in [2.45, 2.75) is 5.92 Å². The number of rotatable bonds is 29. The van der Waals surface area contributed by atoms with E-state index in [0.29, 0.717) is 119 Å². The van der Waals surface area contributed by atoms with Crippen LogP contribution in [0.5, 0.6) is 0 Å². The van der Waals surface area contributed by atoms with Crippen LogP contribution < -0.4 is 5.32 Å². The number of nitrogens with one attached hydrogen (secondary N) is 1. The highest BCUT2D eigenvalue weighted by Crippen LogP contribution is 2.44. The van der Waals surface area contributed by atoms with Crippen LogP contribution in [0.4, 0.5) is 4.79 Å². The fraction of sp³-hybridized carbons (Fsp3) is 0.629. The number of alkyl carbamates (subject to hydrolysis) is 1. The summed E-state index contributed by atoms with van der Waals surface area (Å²) in [5.74, 6) is 0.0420. The van der Waals surface area contributed by atoms with Crippen molar-refractivity contribution in [3.8, 4) is 11.1 Å². The van der Waals surface area contributed by atoms with Crippen LogP contribution in [0.2, 0.25) is 0 Å². The number of ether oxygens (including phenoxy) is 9. The zero-order valence-electron chi connectivity index (χ0n) is 28.2. The van der Waals surface area contributed by atoms with Crippen LogP contribution in [0.15, 0.2) is 48.5 Å². The maximum Gasteiger partial charge on any atom is 0.407 e. The summed E-state index contributed by atoms with van der Waals surface area (Å²) < 4.78 is 49.4. The predicted molar refractivity (Wildman–Crippen MR) is 178 cm³/mol. The Morgan fingerprint density at radius 2 is 0.915 bits per heavy atom. The van der Waals surface area contributed by atoms with Crippen LogP contribution in [0.3, 0.4) is 0 Å². The Balaban J connectivity index is 0.997. The van der Waals surface area contributed by atoms with E-state index < -0.39 is 6.09 Å². The minimum atomic E-state index is -0.448. The van der Waals surface area contributed by atoms with E-state index in [1.165, 1.54) is 22.3 Å². The van der Waals surface area contributed by atoms with E-state index in [1.54, 1.807) is 0 Å². The summed E-state index contributed by atoms with van der Waals surface area (Å²) in [5.41, 5.74) is 4.79. The Labute approximate surface area is 279 Å². The molecule has 2 aromatic carbocycles. The van der Waals surface area contributed by atoms with Gasteiger partial charge < -0.3 is 52.8 Å². The van der Waals surface area contributed by atoms with Crippen LogP contribution in [0.25, 0.3) is 11.1 Å². The topological polar surface area (TPSA) is 115 Å². The lowest BCUT2D eigenvalue weighted by Gasteiger charge is -2.14. The lowest BCUT2D eigenvalue weighted by molar-refractivity contribution is -0.0232. The molecule has 264 valence electrons. The van der Waals surface area contributed by atoms with E-state index in [4.69, 9.17) is 42.6 Å². The normalized spacial score (nSPS) is 12.4. The first-order valence-corrected chi connectivity index (χ1v) is 16.5. The minimum Gasteiger partial charge on any atom is -0.449 e. The van der Waals surface area contributed by atoms with Gasteiger partial charge in [-0.05, 0) is 36.3 Å². The summed E-state index contributed by atoms with van der Waals surface area (Å²) in [6.45, 7) is 9.78. The summed E-state index contributed by atoms with van der Waals surface area (Å²) >= 11 is 0. The highest BCUT2D eigenvalue weighted by Gasteiger charge is 2.28. The molecule has 0 unspecified atom stereocenters. The van der Waals surface area contributed by atoms with Crippen molar-refractivity contribution in [1.82, 2.24) is 10.2 Å². The molecule has 0 radical (unpaired) electrons. The molecule has 2 aromatic rings. The van der Waals surface area contributed by atoms with Crippen molar-refractivity contribution in [3.63, 3.8) is 0 Å². The molecule has 12 nitrogen and oxygen atoms in total. The summed E-state index contributed by atoms with van der Waals surface area (Å²) in [6.07, 6.45) is -0.448. The first kappa shape index (κ1) is 38.8. The zero-order valence-corrected chi connectivity index (χ0v) is 28.2. The lowest BCUT2D eigenvalue weighted by Crippen LogP contribution is -2.29. The Hall–Kier alpha value is -2.65. The van der Waals surface area contributed by atoms with Crippen molar-refractivity contribution in [2.24, 2.45) is 0 Å². The van der Waals surface area contributed by atoms with Gasteiger partial charge >= 0.3 is 6.09 Å². The third kappa shape index (κ3) is 16.8. The SMILES string of the molecule is CN(C)CCOCCOCCOCCOCCOCCOCCOCCOCCNC(=O)OCC1c2ccccc2-c2ccccc21. The van der Waals surface area contributed by atoms with Crippen molar-refractivity contribution >= 4 is 6.09 Å². The Morgan fingerprint density at radius 3 is 1.32 bits per heavy atom. The van der Waals surface area contributed by atoms with Gasteiger partial charge in [0, 0.05) is 19.0 Å². The first-order chi connectivity index (χ1) is 23.2. The van der Waals surface area contributed by atoms with Gasteiger partial charge in [-0.3, -0.25) is 0 Å². The average Bonchev–Trinajstić information content (AvgIpc) is 3.40. The number of hydrogen-bond donors (Lipinski definition) is 1. The Bertz CT molecular complexity index is 1040. The lowest BCUT2D eigenvalue weighted by atomic mass is 9.98. The van der Waals surface area contributed by atoms with E-state index in [2.05, 4.69) is 34.5 Å². The molecule has 0 spiro atoms. The molecule has 47 heavy (non-hydrogen) atoms. The largest absolute Gasteiger partial charge is 0.449 e. The van der Waals surface area contributed by atoms with Crippen molar-refractivity contribution in [1.29, 1.82) is 0 Å². The summed E-state index contributed by atoms with van der Waals surface area (Å²) in [5, 5.41) is 2.74. The molecule has 1 amide bonds. The van der Waals surface area contributed by atoms with Crippen LogP contribution in [-0.2, 0) is 42.6 Å². The van der Waals surface area contributed by atoms with Gasteiger partial charge in [-0.2, -0.15) is 0 Å². The predicted octanol–water partition coefficient (Wildman–Crippen LogP) is 3.22. The molecule has 0 heterocycles. The molecule has 0 aliphatic heterocycles. The van der Waals surface area contributed by atoms with E-state index in [9.17, 15) is 4.79 Å². The van der Waals surface area contributed by atoms with E-state index in [-0.39, 0.29) is 5.92 Å². The van der Waals surface area contributed by atoms with Gasteiger partial charge in [0.2, 0.25) is 0 Å². The number of hydrogen-bond acceptors (Lipinski definition) is 11. The average molecular weight is 663 g/mol. The van der Waals surface area contributed by atoms with E-state index >= 15 is 0 Å². The van der Waals surface area contributed by atoms with E-state index in [1.807, 2.05) is 38.4 Å². The fourth-order valence-corrected chi connectivity index (χ4v) is 4.76. The number of amides is 1. The molecule has 1 N–H and O–H groups in total. The van der Waals surface area contributed by atoms with Crippen LogP contribution >= 0.6 is 0 Å². The highest BCUT2D eigenvalue weighted by molar-refractivity contribution is 5.79. The van der Waals surface area contributed by atoms with Crippen molar-refractivity contribution in [3.05, 3.63) is 59.7 Å². The van der Waals surface area contributed by atoms with Crippen LogP contribution in [-0.4, -0.2) is 150 Å². The monoisotopic (exact) mass is 662 g/mol. The maximum atomic E-state index is 12.2.